The minimum Gasteiger partial charge on any atom is -0.380 e. The maximum Gasteiger partial charge on any atom is 0.269 e. The van der Waals surface area contributed by atoms with Crippen LogP contribution in [0.2, 0.25) is 0 Å². The van der Waals surface area contributed by atoms with Gasteiger partial charge < -0.3 is 15.8 Å². The molecule has 7 heteroatoms. The smallest absolute Gasteiger partial charge is 0.269 e. The van der Waals surface area contributed by atoms with Crippen LogP contribution in [0.15, 0.2) is 24.3 Å². The van der Waals surface area contributed by atoms with Crippen LogP contribution in [-0.2, 0) is 16.1 Å². The molecule has 0 saturated carbocycles. The van der Waals surface area contributed by atoms with Crippen molar-refractivity contribution >= 4 is 11.6 Å². The maximum atomic E-state index is 11.6. The van der Waals surface area contributed by atoms with Crippen molar-refractivity contribution < 1.29 is 14.5 Å². The summed E-state index contributed by atoms with van der Waals surface area (Å²) in [6.45, 7) is 0.502. The number of ether oxygens (including phenoxy) is 1. The highest BCUT2D eigenvalue weighted by atomic mass is 16.6. The number of nitro groups is 1. The van der Waals surface area contributed by atoms with Crippen LogP contribution < -0.4 is 11.1 Å². The lowest BCUT2D eigenvalue weighted by Gasteiger charge is -2.12. The van der Waals surface area contributed by atoms with E-state index in [-0.39, 0.29) is 37.2 Å². The molecule has 7 nitrogen and oxygen atoms in total. The number of nitrogens with zero attached hydrogens (tertiary/aromatic N) is 1. The Bertz CT molecular complexity index is 446. The molecule has 3 N–H and O–H groups in total. The summed E-state index contributed by atoms with van der Waals surface area (Å²) in [6, 6.07) is 6.12. The average molecular weight is 267 g/mol. The SMILES string of the molecule is COC(CN)CC(=O)NCc1cccc([N+](=O)[O-])c1. The first kappa shape index (κ1) is 15.1. The van der Waals surface area contributed by atoms with Gasteiger partial charge >= 0.3 is 0 Å². The molecule has 1 atom stereocenters. The fraction of sp³-hybridized carbons (Fsp3) is 0.417. The Morgan fingerprint density at radius 2 is 2.32 bits per heavy atom. The summed E-state index contributed by atoms with van der Waals surface area (Å²) >= 11 is 0. The molecule has 0 aliphatic carbocycles. The Hall–Kier alpha value is -1.99. The Morgan fingerprint density at radius 3 is 2.89 bits per heavy atom. The Morgan fingerprint density at radius 1 is 1.58 bits per heavy atom. The van der Waals surface area contributed by atoms with Crippen molar-refractivity contribution in [1.29, 1.82) is 0 Å². The zero-order valence-electron chi connectivity index (χ0n) is 10.7. The zero-order chi connectivity index (χ0) is 14.3. The highest BCUT2D eigenvalue weighted by molar-refractivity contribution is 5.76. The van der Waals surface area contributed by atoms with Gasteiger partial charge in [-0.3, -0.25) is 14.9 Å². The molecule has 19 heavy (non-hydrogen) atoms. The second kappa shape index (κ2) is 7.45. The van der Waals surface area contributed by atoms with Crippen molar-refractivity contribution in [1.82, 2.24) is 5.32 Å². The molecule has 1 aromatic carbocycles. The van der Waals surface area contributed by atoms with Crippen LogP contribution >= 0.6 is 0 Å². The number of hydrogen-bond acceptors (Lipinski definition) is 5. The monoisotopic (exact) mass is 267 g/mol. The number of amides is 1. The van der Waals surface area contributed by atoms with E-state index >= 15 is 0 Å². The van der Waals surface area contributed by atoms with Gasteiger partial charge in [-0.05, 0) is 5.56 Å². The Balaban J connectivity index is 2.50. The minimum atomic E-state index is -0.472. The number of carbonyl (C=O) groups is 1. The van der Waals surface area contributed by atoms with E-state index < -0.39 is 4.92 Å². The van der Waals surface area contributed by atoms with Gasteiger partial charge in [-0.15, -0.1) is 0 Å². The summed E-state index contributed by atoms with van der Waals surface area (Å²) in [7, 11) is 1.49. The van der Waals surface area contributed by atoms with Gasteiger partial charge in [0.1, 0.15) is 0 Å². The van der Waals surface area contributed by atoms with E-state index in [1.807, 2.05) is 0 Å². The fourth-order valence-electron chi connectivity index (χ4n) is 1.52. The summed E-state index contributed by atoms with van der Waals surface area (Å²) in [4.78, 5) is 21.7. The molecule has 104 valence electrons. The zero-order valence-corrected chi connectivity index (χ0v) is 10.7. The molecule has 0 spiro atoms. The number of nitrogens with one attached hydrogen (secondary N) is 1. The lowest BCUT2D eigenvalue weighted by Crippen LogP contribution is -2.31. The molecule has 0 saturated heterocycles. The number of rotatable bonds is 7. The molecular weight excluding hydrogens is 250 g/mol. The quantitative estimate of drug-likeness (QED) is 0.555. The van der Waals surface area contributed by atoms with Crippen LogP contribution in [-0.4, -0.2) is 30.6 Å². The van der Waals surface area contributed by atoms with Crippen LogP contribution in [0.5, 0.6) is 0 Å². The molecule has 1 rings (SSSR count). The number of benzene rings is 1. The second-order valence-electron chi connectivity index (χ2n) is 4.00. The molecule has 0 aliphatic heterocycles. The van der Waals surface area contributed by atoms with E-state index in [2.05, 4.69) is 5.32 Å². The van der Waals surface area contributed by atoms with Gasteiger partial charge in [0.05, 0.1) is 17.4 Å². The van der Waals surface area contributed by atoms with E-state index in [0.717, 1.165) is 0 Å². The van der Waals surface area contributed by atoms with Crippen molar-refractivity contribution in [2.75, 3.05) is 13.7 Å². The number of nitro benzene ring substituents is 1. The van der Waals surface area contributed by atoms with Crippen molar-refractivity contribution in [3.05, 3.63) is 39.9 Å². The molecule has 1 aromatic rings. The van der Waals surface area contributed by atoms with E-state index in [1.165, 1.54) is 19.2 Å². The molecule has 0 fully saturated rings. The van der Waals surface area contributed by atoms with E-state index in [4.69, 9.17) is 10.5 Å². The standard InChI is InChI=1S/C12H17N3O4/c1-19-11(7-13)6-12(16)14-8-9-3-2-4-10(5-9)15(17)18/h2-5,11H,6-8,13H2,1H3,(H,14,16). The summed E-state index contributed by atoms with van der Waals surface area (Å²) in [5, 5.41) is 13.3. The third-order valence-corrected chi connectivity index (χ3v) is 2.62. The largest absolute Gasteiger partial charge is 0.380 e. The fourth-order valence-corrected chi connectivity index (χ4v) is 1.52. The molecular formula is C12H17N3O4. The third-order valence-electron chi connectivity index (χ3n) is 2.62. The molecule has 0 bridgehead atoms. The third kappa shape index (κ3) is 5.02. The topological polar surface area (TPSA) is 107 Å². The minimum absolute atomic E-state index is 0.00322. The van der Waals surface area contributed by atoms with Crippen LogP contribution in [0.4, 0.5) is 5.69 Å². The number of carbonyl (C=O) groups excluding carboxylic acids is 1. The molecule has 0 heterocycles. The van der Waals surface area contributed by atoms with Crippen molar-refractivity contribution in [2.45, 2.75) is 19.1 Å². The van der Waals surface area contributed by atoms with Crippen LogP contribution in [0.1, 0.15) is 12.0 Å². The Kier molecular flexibility index (Phi) is 5.91. The predicted molar refractivity (Wildman–Crippen MR) is 69.4 cm³/mol. The van der Waals surface area contributed by atoms with Crippen LogP contribution in [0.25, 0.3) is 0 Å². The first-order chi connectivity index (χ1) is 9.06. The number of methoxy groups -OCH3 is 1. The van der Waals surface area contributed by atoms with E-state index in [1.54, 1.807) is 12.1 Å². The van der Waals surface area contributed by atoms with Gasteiger partial charge in [0.2, 0.25) is 5.91 Å². The number of hydrogen-bond donors (Lipinski definition) is 2. The van der Waals surface area contributed by atoms with Gasteiger partial charge in [-0.25, -0.2) is 0 Å². The van der Waals surface area contributed by atoms with Gasteiger partial charge in [-0.2, -0.15) is 0 Å². The molecule has 0 aliphatic rings. The van der Waals surface area contributed by atoms with E-state index in [0.29, 0.717) is 5.56 Å². The normalized spacial score (nSPS) is 11.9. The van der Waals surface area contributed by atoms with Crippen LogP contribution in [0.3, 0.4) is 0 Å². The van der Waals surface area contributed by atoms with Crippen molar-refractivity contribution in [3.63, 3.8) is 0 Å². The summed E-state index contributed by atoms with van der Waals surface area (Å²) < 4.78 is 5.00. The summed E-state index contributed by atoms with van der Waals surface area (Å²) in [5.41, 5.74) is 6.09. The number of non-ortho nitro benzene ring substituents is 1. The van der Waals surface area contributed by atoms with Gasteiger partial charge in [0.15, 0.2) is 0 Å². The van der Waals surface area contributed by atoms with Crippen molar-refractivity contribution in [2.24, 2.45) is 5.73 Å². The lowest BCUT2D eigenvalue weighted by atomic mass is 10.2. The second-order valence-corrected chi connectivity index (χ2v) is 4.00. The van der Waals surface area contributed by atoms with E-state index in [9.17, 15) is 14.9 Å². The molecule has 1 unspecified atom stereocenters. The summed E-state index contributed by atoms with van der Waals surface area (Å²) in [5.74, 6) is -0.205. The van der Waals surface area contributed by atoms with Crippen molar-refractivity contribution in [3.8, 4) is 0 Å². The number of nitrogens with two attached hydrogens (primary N) is 1. The molecule has 0 radical (unpaired) electrons. The lowest BCUT2D eigenvalue weighted by molar-refractivity contribution is -0.384. The average Bonchev–Trinajstić information content (AvgIpc) is 2.42. The first-order valence-corrected chi connectivity index (χ1v) is 5.79. The van der Waals surface area contributed by atoms with Gasteiger partial charge in [-0.1, -0.05) is 12.1 Å². The highest BCUT2D eigenvalue weighted by Gasteiger charge is 2.11. The van der Waals surface area contributed by atoms with Crippen LogP contribution in [0, 0.1) is 10.1 Å². The first-order valence-electron chi connectivity index (χ1n) is 5.79. The maximum absolute atomic E-state index is 11.6. The van der Waals surface area contributed by atoms with Gasteiger partial charge in [0, 0.05) is 32.3 Å². The summed E-state index contributed by atoms with van der Waals surface area (Å²) in [6.07, 6.45) is -0.146. The highest BCUT2D eigenvalue weighted by Crippen LogP contribution is 2.12. The van der Waals surface area contributed by atoms with Gasteiger partial charge in [0.25, 0.3) is 5.69 Å². The predicted octanol–water partition coefficient (Wildman–Crippen LogP) is 0.575. The molecule has 0 aromatic heterocycles. The Labute approximate surface area is 110 Å². The molecule has 1 amide bonds.